The Labute approximate surface area is 134 Å². The van der Waals surface area contributed by atoms with Gasteiger partial charge in [0.2, 0.25) is 0 Å². The Balaban J connectivity index is 1.89. The summed E-state index contributed by atoms with van der Waals surface area (Å²) >= 11 is 0. The Morgan fingerprint density at radius 2 is 1.83 bits per heavy atom. The van der Waals surface area contributed by atoms with Crippen LogP contribution in [0.3, 0.4) is 0 Å². The van der Waals surface area contributed by atoms with Gasteiger partial charge in [-0.25, -0.2) is 4.42 Å². The third-order valence-electron chi connectivity index (χ3n) is 4.28. The fraction of sp³-hybridized carbons (Fsp3) is 0.150. The van der Waals surface area contributed by atoms with Crippen molar-refractivity contribution in [1.29, 1.82) is 0 Å². The van der Waals surface area contributed by atoms with Crippen LogP contribution < -0.4 is 0 Å². The summed E-state index contributed by atoms with van der Waals surface area (Å²) in [6.45, 7) is 0. The van der Waals surface area contributed by atoms with Gasteiger partial charge in [0.05, 0.1) is 22.6 Å². The summed E-state index contributed by atoms with van der Waals surface area (Å²) in [6, 6.07) is 14.6. The molecule has 1 aliphatic rings. The average molecular weight is 305 g/mol. The van der Waals surface area contributed by atoms with Gasteiger partial charge in [-0.05, 0) is 49.6 Å². The van der Waals surface area contributed by atoms with Crippen LogP contribution in [0, 0.1) is 0 Å². The van der Waals surface area contributed by atoms with E-state index in [1.807, 2.05) is 30.3 Å². The van der Waals surface area contributed by atoms with E-state index in [2.05, 4.69) is 6.07 Å². The van der Waals surface area contributed by atoms with Gasteiger partial charge in [-0.15, -0.1) is 0 Å². The van der Waals surface area contributed by atoms with Crippen molar-refractivity contribution >= 4 is 22.6 Å². The lowest BCUT2D eigenvalue weighted by molar-refractivity contribution is 0.473. The molecule has 1 aromatic heterocycles. The Morgan fingerprint density at radius 3 is 2.70 bits per heavy atom. The number of rotatable bonds is 1. The molecule has 0 spiro atoms. The van der Waals surface area contributed by atoms with Gasteiger partial charge < -0.3 is 10.2 Å². The van der Waals surface area contributed by atoms with Crippen LogP contribution in [0.5, 0.6) is 11.5 Å². The number of aromatic hydroxyl groups is 2. The predicted molar refractivity (Wildman–Crippen MR) is 91.2 cm³/mol. The van der Waals surface area contributed by atoms with Crippen molar-refractivity contribution in [2.24, 2.45) is 0 Å². The highest BCUT2D eigenvalue weighted by molar-refractivity contribution is 5.86. The Hall–Kier alpha value is -2.81. The summed E-state index contributed by atoms with van der Waals surface area (Å²) in [7, 11) is 0. The van der Waals surface area contributed by atoms with Crippen LogP contribution in [0.15, 0.2) is 52.9 Å². The van der Waals surface area contributed by atoms with Crippen LogP contribution in [-0.2, 0) is 6.42 Å². The number of phenolic OH excluding ortho intramolecular Hbond substituents is 2. The van der Waals surface area contributed by atoms with Gasteiger partial charge in [0.1, 0.15) is 11.5 Å². The summed E-state index contributed by atoms with van der Waals surface area (Å²) in [6.07, 6.45) is 4.94. The minimum Gasteiger partial charge on any atom is -0.508 e. The smallest absolute Gasteiger partial charge is 0.364 e. The van der Waals surface area contributed by atoms with E-state index in [4.69, 9.17) is 4.42 Å². The third kappa shape index (κ3) is 2.55. The van der Waals surface area contributed by atoms with Crippen molar-refractivity contribution in [3.8, 4) is 11.5 Å². The molecule has 0 bridgehead atoms. The van der Waals surface area contributed by atoms with E-state index in [9.17, 15) is 10.2 Å². The molecule has 23 heavy (non-hydrogen) atoms. The molecule has 2 aromatic carbocycles. The Bertz CT molecular complexity index is 925. The summed E-state index contributed by atoms with van der Waals surface area (Å²) < 4.78 is 6.08. The molecule has 1 aliphatic carbocycles. The first kappa shape index (κ1) is 13.8. The van der Waals surface area contributed by atoms with E-state index < -0.39 is 0 Å². The van der Waals surface area contributed by atoms with Gasteiger partial charge in [0.25, 0.3) is 0 Å². The molecule has 0 atom stereocenters. The second kappa shape index (κ2) is 5.43. The van der Waals surface area contributed by atoms with Crippen LogP contribution in [-0.4, -0.2) is 10.2 Å². The summed E-state index contributed by atoms with van der Waals surface area (Å²) in [4.78, 5) is 0. The summed E-state index contributed by atoms with van der Waals surface area (Å²) in [5.74, 6) is 1.33. The van der Waals surface area contributed by atoms with Gasteiger partial charge in [-0.2, -0.15) is 0 Å². The number of aryl methyl sites for hydroxylation is 1. The van der Waals surface area contributed by atoms with E-state index in [-0.39, 0.29) is 11.5 Å². The van der Waals surface area contributed by atoms with Crippen LogP contribution in [0.25, 0.3) is 22.6 Å². The van der Waals surface area contributed by atoms with Gasteiger partial charge >= 0.3 is 11.3 Å². The lowest BCUT2D eigenvalue weighted by Crippen LogP contribution is -2.02. The number of para-hydroxylation sites is 1. The lowest BCUT2D eigenvalue weighted by atomic mass is 9.90. The highest BCUT2D eigenvalue weighted by Gasteiger charge is 2.27. The molecule has 0 radical (unpaired) electrons. The standard InChI is InChI=1S/C20H16O3/c21-17-9-8-14-11-16-6-3-5-15(20(16)23-19(14)12-17)10-13-4-1-2-7-18(13)22/h1-2,4,7-12H,3,5-6H2,(H-,21,22)/p+1/b15-10+. The van der Waals surface area contributed by atoms with Crippen molar-refractivity contribution in [3.05, 3.63) is 65.4 Å². The molecular formula is C20H17O3+. The topological polar surface area (TPSA) is 51.8 Å². The first-order chi connectivity index (χ1) is 11.2. The molecule has 0 aliphatic heterocycles. The molecule has 0 saturated carbocycles. The molecular weight excluding hydrogens is 288 g/mol. The van der Waals surface area contributed by atoms with Crippen LogP contribution in [0.1, 0.15) is 29.7 Å². The quantitative estimate of drug-likeness (QED) is 0.622. The molecule has 3 heteroatoms. The zero-order chi connectivity index (χ0) is 15.8. The maximum absolute atomic E-state index is 9.99. The van der Waals surface area contributed by atoms with E-state index in [0.717, 1.165) is 41.5 Å². The van der Waals surface area contributed by atoms with Gasteiger partial charge in [0.15, 0.2) is 0 Å². The molecule has 1 heterocycles. The van der Waals surface area contributed by atoms with Gasteiger partial charge in [-0.3, -0.25) is 0 Å². The minimum absolute atomic E-state index is 0.197. The second-order valence-electron chi connectivity index (χ2n) is 5.90. The van der Waals surface area contributed by atoms with Crippen molar-refractivity contribution in [1.82, 2.24) is 0 Å². The highest BCUT2D eigenvalue weighted by atomic mass is 16.3. The molecule has 3 nitrogen and oxygen atoms in total. The average Bonchev–Trinajstić information content (AvgIpc) is 2.55. The Morgan fingerprint density at radius 1 is 0.957 bits per heavy atom. The number of allylic oxidation sites excluding steroid dienone is 1. The second-order valence-corrected chi connectivity index (χ2v) is 5.90. The number of benzene rings is 2. The van der Waals surface area contributed by atoms with Crippen molar-refractivity contribution in [2.45, 2.75) is 19.3 Å². The molecule has 0 amide bonds. The maximum atomic E-state index is 9.99. The van der Waals surface area contributed by atoms with Gasteiger partial charge in [0, 0.05) is 5.56 Å². The van der Waals surface area contributed by atoms with Crippen LogP contribution in [0.4, 0.5) is 0 Å². The van der Waals surface area contributed by atoms with Crippen molar-refractivity contribution in [3.63, 3.8) is 0 Å². The first-order valence-electron chi connectivity index (χ1n) is 7.78. The molecule has 0 unspecified atom stereocenters. The van der Waals surface area contributed by atoms with Gasteiger partial charge in [-0.1, -0.05) is 18.2 Å². The van der Waals surface area contributed by atoms with E-state index >= 15 is 0 Å². The predicted octanol–water partition coefficient (Wildman–Crippen LogP) is 5.00. The number of phenols is 2. The van der Waals surface area contributed by atoms with E-state index in [0.29, 0.717) is 5.58 Å². The van der Waals surface area contributed by atoms with Crippen molar-refractivity contribution < 1.29 is 14.6 Å². The SMILES string of the molecule is Oc1ccc2cc3c([o+]c2c1)/C(=C/c1ccccc1O)CCC3. The van der Waals surface area contributed by atoms with E-state index in [1.165, 1.54) is 5.56 Å². The molecule has 0 saturated heterocycles. The monoisotopic (exact) mass is 305 g/mol. The van der Waals surface area contributed by atoms with Crippen LogP contribution in [0.2, 0.25) is 0 Å². The number of hydrogen-bond acceptors (Lipinski definition) is 2. The third-order valence-corrected chi connectivity index (χ3v) is 4.28. The first-order valence-corrected chi connectivity index (χ1v) is 7.78. The normalized spacial score (nSPS) is 15.7. The van der Waals surface area contributed by atoms with Crippen molar-refractivity contribution in [2.75, 3.05) is 0 Å². The molecule has 0 fully saturated rings. The highest BCUT2D eigenvalue weighted by Crippen LogP contribution is 2.36. The minimum atomic E-state index is 0.197. The molecule has 3 aromatic rings. The summed E-state index contributed by atoms with van der Waals surface area (Å²) in [5, 5.41) is 20.6. The summed E-state index contributed by atoms with van der Waals surface area (Å²) in [5.41, 5.74) is 3.73. The fourth-order valence-corrected chi connectivity index (χ4v) is 3.13. The van der Waals surface area contributed by atoms with Crippen LogP contribution >= 0.6 is 0 Å². The molecule has 4 rings (SSSR count). The zero-order valence-electron chi connectivity index (χ0n) is 12.6. The van der Waals surface area contributed by atoms with E-state index in [1.54, 1.807) is 18.2 Å². The fourth-order valence-electron chi connectivity index (χ4n) is 3.13. The molecule has 2 N–H and O–H groups in total. The lowest BCUT2D eigenvalue weighted by Gasteiger charge is -2.11. The maximum Gasteiger partial charge on any atom is 0.364 e. The number of hydrogen-bond donors (Lipinski definition) is 2. The largest absolute Gasteiger partial charge is 0.508 e. The number of fused-ring (bicyclic) bond motifs is 2. The molecule has 114 valence electrons. The zero-order valence-corrected chi connectivity index (χ0v) is 12.6. The Kier molecular flexibility index (Phi) is 3.27.